The molecule has 3 aromatic rings. The second kappa shape index (κ2) is 14.0. The molecule has 9 heteroatoms. The fraction of sp³-hybridized carbons (Fsp3) is 0.389. The maximum Gasteiger partial charge on any atom is 2.00 e. The van der Waals surface area contributed by atoms with Crippen LogP contribution >= 0.6 is 0 Å². The molecule has 3 aromatic heterocycles. The van der Waals surface area contributed by atoms with E-state index >= 15 is 0 Å². The van der Waals surface area contributed by atoms with Crippen LogP contribution in [-0.2, 0) is 48.7 Å². The van der Waals surface area contributed by atoms with Crippen LogP contribution in [0.5, 0.6) is 0 Å². The first-order chi connectivity index (χ1) is 21.1. The molecular weight excluding hydrogens is 611 g/mol. The van der Waals surface area contributed by atoms with E-state index in [9.17, 15) is 9.59 Å². The van der Waals surface area contributed by atoms with Crippen molar-refractivity contribution in [2.75, 3.05) is 14.2 Å². The average molecular weight is 652 g/mol. The van der Waals surface area contributed by atoms with Crippen molar-refractivity contribution in [2.45, 2.75) is 80.1 Å². The Hall–Kier alpha value is -3.95. The van der Waals surface area contributed by atoms with Crippen LogP contribution in [0.25, 0.3) is 44.4 Å². The number of aryl methyl sites for hydroxylation is 4. The summed E-state index contributed by atoms with van der Waals surface area (Å²) in [6.07, 6.45) is 3.12. The molecule has 8 bridgehead atoms. The monoisotopic (exact) mass is 651 g/mol. The zero-order valence-electron chi connectivity index (χ0n) is 27.3. The van der Waals surface area contributed by atoms with Crippen LogP contribution in [-0.4, -0.2) is 36.1 Å². The molecule has 0 aromatic carbocycles. The standard InChI is InChI=1S/C36H40N4O4.Co/c1-9-23-19(3)27-15-28-21(5)25(11-13-35(41)43-7)33(39-28)18-34-26(12-14-36(42)44-8)22(6)30(40-34)17-32-24(10-2)20(4)29(38-32)16-31(23)37-27;/h15-18H,9-14H2,1-8H3;/q-2;+2. The van der Waals surface area contributed by atoms with Crippen LogP contribution in [0.15, 0.2) is 24.3 Å². The third-order valence-corrected chi connectivity index (χ3v) is 8.96. The van der Waals surface area contributed by atoms with Gasteiger partial charge in [0.15, 0.2) is 0 Å². The van der Waals surface area contributed by atoms with Crippen LogP contribution in [0.4, 0.5) is 0 Å². The molecule has 0 saturated carbocycles. The number of ether oxygens (including phenoxy) is 2. The molecule has 0 fully saturated rings. The Balaban J connectivity index is 0.00000461. The van der Waals surface area contributed by atoms with E-state index in [-0.39, 0.29) is 41.6 Å². The number of hydrogen-bond acceptors (Lipinski definition) is 6. The largest absolute Gasteiger partial charge is 2.00 e. The summed E-state index contributed by atoms with van der Waals surface area (Å²) < 4.78 is 9.89. The van der Waals surface area contributed by atoms with Gasteiger partial charge in [-0.15, -0.1) is 22.1 Å². The van der Waals surface area contributed by atoms with Gasteiger partial charge in [-0.25, -0.2) is 9.97 Å². The number of nitrogens with zero attached hydrogens (tertiary/aromatic N) is 4. The number of rotatable bonds is 8. The van der Waals surface area contributed by atoms with Gasteiger partial charge in [0.25, 0.3) is 0 Å². The molecule has 0 saturated heterocycles. The Morgan fingerprint density at radius 3 is 1.62 bits per heavy atom. The smallest absolute Gasteiger partial charge is 0.657 e. The second-order valence-corrected chi connectivity index (χ2v) is 11.4. The first-order valence-electron chi connectivity index (χ1n) is 15.3. The summed E-state index contributed by atoms with van der Waals surface area (Å²) in [6, 6.07) is 8.19. The molecule has 2 aliphatic rings. The first-order valence-corrected chi connectivity index (χ1v) is 15.3. The number of allylic oxidation sites excluding steroid dienone is 4. The van der Waals surface area contributed by atoms with Gasteiger partial charge in [0.05, 0.1) is 37.0 Å². The number of carbonyl (C=O) groups excluding carboxylic acids is 2. The van der Waals surface area contributed by atoms with Crippen molar-refractivity contribution in [3.63, 3.8) is 0 Å². The topological polar surface area (TPSA) is 107 Å². The Labute approximate surface area is 275 Å². The van der Waals surface area contributed by atoms with Crippen molar-refractivity contribution in [1.29, 1.82) is 0 Å². The van der Waals surface area contributed by atoms with Gasteiger partial charge in [0, 0.05) is 12.8 Å². The van der Waals surface area contributed by atoms with E-state index in [1.165, 1.54) is 25.4 Å². The summed E-state index contributed by atoms with van der Waals surface area (Å²) in [7, 11) is 2.80. The van der Waals surface area contributed by atoms with Crippen molar-refractivity contribution in [1.82, 2.24) is 19.9 Å². The Morgan fingerprint density at radius 1 is 0.622 bits per heavy atom. The van der Waals surface area contributed by atoms with E-state index in [1.807, 2.05) is 26.0 Å². The Bertz CT molecular complexity index is 1890. The van der Waals surface area contributed by atoms with Gasteiger partial charge in [-0.2, -0.15) is 0 Å². The number of carbonyl (C=O) groups is 2. The molecule has 45 heavy (non-hydrogen) atoms. The van der Waals surface area contributed by atoms with Gasteiger partial charge in [-0.1, -0.05) is 60.4 Å². The third kappa shape index (κ3) is 6.55. The van der Waals surface area contributed by atoms with Crippen LogP contribution in [0, 0.1) is 13.8 Å². The van der Waals surface area contributed by atoms with Gasteiger partial charge in [-0.05, 0) is 75.7 Å². The fourth-order valence-corrected chi connectivity index (χ4v) is 6.25. The molecule has 5 rings (SSSR count). The van der Waals surface area contributed by atoms with Gasteiger partial charge in [0.1, 0.15) is 0 Å². The molecule has 2 aliphatic heterocycles. The van der Waals surface area contributed by atoms with Crippen molar-refractivity contribution < 1.29 is 35.8 Å². The molecule has 8 nitrogen and oxygen atoms in total. The van der Waals surface area contributed by atoms with E-state index in [2.05, 4.69) is 39.8 Å². The van der Waals surface area contributed by atoms with Crippen LogP contribution in [0.1, 0.15) is 98.4 Å². The number of esters is 2. The maximum absolute atomic E-state index is 12.2. The number of aromatic nitrogens is 4. The van der Waals surface area contributed by atoms with Crippen molar-refractivity contribution in [3.8, 4) is 0 Å². The quantitative estimate of drug-likeness (QED) is 0.238. The van der Waals surface area contributed by atoms with E-state index in [0.29, 0.717) is 12.8 Å². The van der Waals surface area contributed by atoms with E-state index in [0.717, 1.165) is 91.1 Å². The summed E-state index contributed by atoms with van der Waals surface area (Å²) in [4.78, 5) is 44.6. The third-order valence-electron chi connectivity index (χ3n) is 8.96. The van der Waals surface area contributed by atoms with Crippen molar-refractivity contribution in [2.24, 2.45) is 0 Å². The number of fused-ring (bicyclic) bond motifs is 8. The minimum absolute atomic E-state index is 0. The Morgan fingerprint density at radius 2 is 1.07 bits per heavy atom. The van der Waals surface area contributed by atoms with Crippen molar-refractivity contribution in [3.05, 3.63) is 69.3 Å². The minimum Gasteiger partial charge on any atom is -0.657 e. The van der Waals surface area contributed by atoms with Crippen LogP contribution in [0.3, 0.4) is 0 Å². The van der Waals surface area contributed by atoms with Gasteiger partial charge in [-0.3, -0.25) is 9.59 Å². The fourth-order valence-electron chi connectivity index (χ4n) is 6.25. The number of hydrogen-bond donors (Lipinski definition) is 0. The first kappa shape index (κ1) is 33.9. The molecule has 0 N–H and O–H groups in total. The predicted molar refractivity (Wildman–Crippen MR) is 175 cm³/mol. The maximum atomic E-state index is 12.2. The molecule has 0 aliphatic carbocycles. The average Bonchev–Trinajstić information content (AvgIpc) is 3.67. The molecule has 0 unspecified atom stereocenters. The zero-order valence-corrected chi connectivity index (χ0v) is 28.3. The molecule has 1 radical (unpaired) electrons. The number of methoxy groups -OCH3 is 2. The molecule has 0 atom stereocenters. The van der Waals surface area contributed by atoms with Gasteiger partial charge >= 0.3 is 28.7 Å². The van der Waals surface area contributed by atoms with E-state index in [1.54, 1.807) is 0 Å². The second-order valence-electron chi connectivity index (χ2n) is 11.4. The van der Waals surface area contributed by atoms with Crippen LogP contribution < -0.4 is 9.97 Å². The summed E-state index contributed by atoms with van der Waals surface area (Å²) in [5.41, 5.74) is 15.3. The molecule has 0 amide bonds. The molecular formula is C36H40CoN4O4. The van der Waals surface area contributed by atoms with Gasteiger partial charge < -0.3 is 19.4 Å². The van der Waals surface area contributed by atoms with E-state index < -0.39 is 0 Å². The summed E-state index contributed by atoms with van der Waals surface area (Å²) in [6.45, 7) is 12.6. The molecule has 237 valence electrons. The zero-order chi connectivity index (χ0) is 31.7. The normalized spacial score (nSPS) is 12.8. The minimum atomic E-state index is -0.275. The summed E-state index contributed by atoms with van der Waals surface area (Å²) in [5.74, 6) is -0.550. The summed E-state index contributed by atoms with van der Waals surface area (Å²) >= 11 is 0. The Kier molecular flexibility index (Phi) is 10.6. The SMILES string of the molecule is CCC1=C(C)c2cc3[n-]c(cc4nc(cc5[n-]c(cc1n2)c(C)c5CCC(=O)OC)C(CCC(=O)OC)=C4C)c(C)c3CC.[Co+2]. The molecule has 5 heterocycles. The van der Waals surface area contributed by atoms with Gasteiger partial charge in [0.2, 0.25) is 0 Å². The van der Waals surface area contributed by atoms with E-state index in [4.69, 9.17) is 29.4 Å². The molecule has 0 spiro atoms. The van der Waals surface area contributed by atoms with Crippen LogP contribution in [0.2, 0.25) is 0 Å². The van der Waals surface area contributed by atoms with Crippen molar-refractivity contribution >= 4 is 56.3 Å². The summed E-state index contributed by atoms with van der Waals surface area (Å²) in [5, 5.41) is 0. The predicted octanol–water partition coefficient (Wildman–Crippen LogP) is 7.08.